The van der Waals surface area contributed by atoms with Crippen LogP contribution in [0.5, 0.6) is 0 Å². The molecule has 5 heteroatoms. The molecule has 0 saturated carbocycles. The van der Waals surface area contributed by atoms with Gasteiger partial charge in [-0.25, -0.2) is 5.84 Å². The molecule has 1 aliphatic rings. The second-order valence-corrected chi connectivity index (χ2v) is 5.24. The van der Waals surface area contributed by atoms with Crippen LogP contribution in [0.3, 0.4) is 0 Å². The Hall–Kier alpha value is -0.260. The zero-order valence-electron chi connectivity index (χ0n) is 9.20. The normalized spacial score (nSPS) is 19.9. The summed E-state index contributed by atoms with van der Waals surface area (Å²) in [5.41, 5.74) is 2.25. The molecule has 1 aliphatic heterocycles. The number of thioether (sulfide) groups is 1. The van der Waals surface area contributed by atoms with E-state index in [2.05, 4.69) is 12.3 Å². The van der Waals surface area contributed by atoms with Crippen LogP contribution in [0.1, 0.15) is 32.6 Å². The minimum atomic E-state index is -0.0478. The molecular weight excluding hydrogens is 212 g/mol. The predicted octanol–water partition coefficient (Wildman–Crippen LogP) is 1.06. The summed E-state index contributed by atoms with van der Waals surface area (Å²) < 4.78 is 5.29. The van der Waals surface area contributed by atoms with E-state index in [-0.39, 0.29) is 11.2 Å². The van der Waals surface area contributed by atoms with E-state index in [9.17, 15) is 4.79 Å². The van der Waals surface area contributed by atoms with Crippen molar-refractivity contribution in [1.82, 2.24) is 5.43 Å². The summed E-state index contributed by atoms with van der Waals surface area (Å²) in [4.78, 5) is 11.5. The maximum atomic E-state index is 11.5. The van der Waals surface area contributed by atoms with Gasteiger partial charge >= 0.3 is 0 Å². The molecule has 1 unspecified atom stereocenters. The first-order valence-corrected chi connectivity index (χ1v) is 6.45. The van der Waals surface area contributed by atoms with Crippen molar-refractivity contribution in [3.8, 4) is 0 Å². The van der Waals surface area contributed by atoms with E-state index >= 15 is 0 Å². The molecule has 88 valence electrons. The Morgan fingerprint density at radius 2 is 2.27 bits per heavy atom. The SMILES string of the molecule is CCCC(SC1CCOCC1)C(=O)NN. The highest BCUT2D eigenvalue weighted by molar-refractivity contribution is 8.01. The van der Waals surface area contributed by atoms with Gasteiger partial charge in [-0.1, -0.05) is 13.3 Å². The molecule has 1 atom stereocenters. The van der Waals surface area contributed by atoms with Crippen molar-refractivity contribution in [2.45, 2.75) is 43.1 Å². The highest BCUT2D eigenvalue weighted by Gasteiger charge is 2.23. The Balaban J connectivity index is 2.38. The van der Waals surface area contributed by atoms with E-state index in [0.29, 0.717) is 5.25 Å². The molecule has 0 aromatic carbocycles. The van der Waals surface area contributed by atoms with Crippen LogP contribution in [0, 0.1) is 0 Å². The Labute approximate surface area is 95.3 Å². The molecular formula is C10H20N2O2S. The maximum absolute atomic E-state index is 11.5. The van der Waals surface area contributed by atoms with Crippen LogP contribution in [0.15, 0.2) is 0 Å². The van der Waals surface area contributed by atoms with E-state index in [0.717, 1.165) is 38.9 Å². The van der Waals surface area contributed by atoms with Crippen molar-refractivity contribution in [2.24, 2.45) is 5.84 Å². The van der Waals surface area contributed by atoms with Gasteiger partial charge in [0.2, 0.25) is 5.91 Å². The summed E-state index contributed by atoms with van der Waals surface area (Å²) >= 11 is 1.75. The number of carbonyl (C=O) groups excluding carboxylic acids is 1. The summed E-state index contributed by atoms with van der Waals surface area (Å²) in [6.07, 6.45) is 3.99. The van der Waals surface area contributed by atoms with Crippen molar-refractivity contribution in [1.29, 1.82) is 0 Å². The number of nitrogens with one attached hydrogen (secondary N) is 1. The van der Waals surface area contributed by atoms with Gasteiger partial charge in [-0.15, -0.1) is 11.8 Å². The van der Waals surface area contributed by atoms with Gasteiger partial charge in [0, 0.05) is 18.5 Å². The lowest BCUT2D eigenvalue weighted by Crippen LogP contribution is -2.38. The molecule has 1 saturated heterocycles. The molecule has 4 nitrogen and oxygen atoms in total. The molecule has 1 amide bonds. The van der Waals surface area contributed by atoms with E-state index in [4.69, 9.17) is 10.6 Å². The topological polar surface area (TPSA) is 64.3 Å². The number of rotatable bonds is 5. The lowest BCUT2D eigenvalue weighted by molar-refractivity contribution is -0.120. The lowest BCUT2D eigenvalue weighted by Gasteiger charge is -2.25. The van der Waals surface area contributed by atoms with Crippen LogP contribution in [0.2, 0.25) is 0 Å². The zero-order chi connectivity index (χ0) is 11.1. The zero-order valence-corrected chi connectivity index (χ0v) is 10.0. The van der Waals surface area contributed by atoms with Gasteiger partial charge in [0.05, 0.1) is 5.25 Å². The standard InChI is InChI=1S/C10H20N2O2S/c1-2-3-9(10(13)12-11)15-8-4-6-14-7-5-8/h8-9H,2-7,11H2,1H3,(H,12,13). The summed E-state index contributed by atoms with van der Waals surface area (Å²) in [5.74, 6) is 5.12. The van der Waals surface area contributed by atoms with Gasteiger partial charge in [0.15, 0.2) is 0 Å². The average molecular weight is 232 g/mol. The monoisotopic (exact) mass is 232 g/mol. The second-order valence-electron chi connectivity index (χ2n) is 3.73. The fourth-order valence-electron chi connectivity index (χ4n) is 1.66. The lowest BCUT2D eigenvalue weighted by atomic mass is 10.2. The van der Waals surface area contributed by atoms with Gasteiger partial charge in [-0.3, -0.25) is 10.2 Å². The van der Waals surface area contributed by atoms with Crippen molar-refractivity contribution >= 4 is 17.7 Å². The first-order chi connectivity index (χ1) is 7.27. The van der Waals surface area contributed by atoms with Gasteiger partial charge in [0.25, 0.3) is 0 Å². The molecule has 0 bridgehead atoms. The molecule has 0 aromatic rings. The van der Waals surface area contributed by atoms with E-state index in [1.165, 1.54) is 0 Å². The molecule has 1 fully saturated rings. The number of hydrogen-bond acceptors (Lipinski definition) is 4. The summed E-state index contributed by atoms with van der Waals surface area (Å²) in [6.45, 7) is 3.73. The molecule has 0 radical (unpaired) electrons. The van der Waals surface area contributed by atoms with E-state index in [1.54, 1.807) is 11.8 Å². The molecule has 15 heavy (non-hydrogen) atoms. The van der Waals surface area contributed by atoms with Crippen molar-refractivity contribution in [3.63, 3.8) is 0 Å². The van der Waals surface area contributed by atoms with E-state index in [1.807, 2.05) is 0 Å². The van der Waals surface area contributed by atoms with Crippen molar-refractivity contribution in [3.05, 3.63) is 0 Å². The van der Waals surface area contributed by atoms with Crippen LogP contribution in [0.4, 0.5) is 0 Å². The first kappa shape index (κ1) is 12.8. The fraction of sp³-hybridized carbons (Fsp3) is 0.900. The summed E-state index contributed by atoms with van der Waals surface area (Å²) in [5, 5.41) is 0.552. The third-order valence-corrected chi connectivity index (χ3v) is 4.15. The van der Waals surface area contributed by atoms with E-state index < -0.39 is 0 Å². The number of carbonyl (C=O) groups is 1. The number of nitrogens with two attached hydrogens (primary N) is 1. The third kappa shape index (κ3) is 4.40. The highest BCUT2D eigenvalue weighted by atomic mass is 32.2. The Bertz CT molecular complexity index is 196. The Morgan fingerprint density at radius 3 is 2.80 bits per heavy atom. The molecule has 1 heterocycles. The second kappa shape index (κ2) is 7.09. The van der Waals surface area contributed by atoms with Crippen LogP contribution < -0.4 is 11.3 Å². The molecule has 0 spiro atoms. The van der Waals surface area contributed by atoms with Gasteiger partial charge in [-0.2, -0.15) is 0 Å². The van der Waals surface area contributed by atoms with Crippen molar-refractivity contribution < 1.29 is 9.53 Å². The highest BCUT2D eigenvalue weighted by Crippen LogP contribution is 2.28. The number of hydrogen-bond donors (Lipinski definition) is 2. The first-order valence-electron chi connectivity index (χ1n) is 5.51. The largest absolute Gasteiger partial charge is 0.381 e. The van der Waals surface area contributed by atoms with Crippen LogP contribution in [-0.2, 0) is 9.53 Å². The quantitative estimate of drug-likeness (QED) is 0.422. The summed E-state index contributed by atoms with van der Waals surface area (Å²) in [6, 6.07) is 0. The Kier molecular flexibility index (Phi) is 6.05. The van der Waals surface area contributed by atoms with Crippen LogP contribution in [-0.4, -0.2) is 29.6 Å². The molecule has 0 aliphatic carbocycles. The van der Waals surface area contributed by atoms with Crippen LogP contribution >= 0.6 is 11.8 Å². The smallest absolute Gasteiger partial charge is 0.246 e. The maximum Gasteiger partial charge on any atom is 0.246 e. The average Bonchev–Trinajstić information content (AvgIpc) is 2.29. The number of amides is 1. The third-order valence-electron chi connectivity index (χ3n) is 2.51. The minimum Gasteiger partial charge on any atom is -0.381 e. The fourth-order valence-corrected chi connectivity index (χ4v) is 3.15. The Morgan fingerprint density at radius 1 is 1.60 bits per heavy atom. The molecule has 1 rings (SSSR count). The van der Waals surface area contributed by atoms with Gasteiger partial charge < -0.3 is 4.74 Å². The minimum absolute atomic E-state index is 0.00287. The predicted molar refractivity (Wildman–Crippen MR) is 62.5 cm³/mol. The number of hydrazine groups is 1. The van der Waals surface area contributed by atoms with Crippen LogP contribution in [0.25, 0.3) is 0 Å². The molecule has 0 aromatic heterocycles. The van der Waals surface area contributed by atoms with Gasteiger partial charge in [-0.05, 0) is 19.3 Å². The molecule has 3 N–H and O–H groups in total. The number of ether oxygens (including phenoxy) is 1. The summed E-state index contributed by atoms with van der Waals surface area (Å²) in [7, 11) is 0. The van der Waals surface area contributed by atoms with Gasteiger partial charge in [0.1, 0.15) is 0 Å². The van der Waals surface area contributed by atoms with Crippen molar-refractivity contribution in [2.75, 3.05) is 13.2 Å².